The molecule has 0 aliphatic rings. The van der Waals surface area contributed by atoms with Crippen molar-refractivity contribution in [2.24, 2.45) is 0 Å². The van der Waals surface area contributed by atoms with Gasteiger partial charge in [-0.25, -0.2) is 4.98 Å². The Balaban J connectivity index is 2.18. The molecule has 0 saturated carbocycles. The van der Waals surface area contributed by atoms with Crippen molar-refractivity contribution in [3.05, 3.63) is 46.1 Å². The number of hydrogen-bond donors (Lipinski definition) is 1. The number of imidazole rings is 1. The van der Waals surface area contributed by atoms with Crippen LogP contribution in [0.25, 0.3) is 16.2 Å². The van der Waals surface area contributed by atoms with Gasteiger partial charge in [0.25, 0.3) is 0 Å². The quantitative estimate of drug-likeness (QED) is 0.804. The molecule has 0 aliphatic heterocycles. The summed E-state index contributed by atoms with van der Waals surface area (Å²) in [6.45, 7) is 6.25. The van der Waals surface area contributed by atoms with Crippen molar-refractivity contribution >= 4 is 22.3 Å². The molecule has 5 heteroatoms. The summed E-state index contributed by atoms with van der Waals surface area (Å²) in [5.74, 6) is -0.856. The lowest BCUT2D eigenvalue weighted by molar-refractivity contribution is -0.136. The van der Waals surface area contributed by atoms with E-state index in [-0.39, 0.29) is 6.42 Å². The van der Waals surface area contributed by atoms with E-state index in [2.05, 4.69) is 44.0 Å². The number of carboxylic acids is 1. The standard InChI is InChI=1S/C16H16N2O2S/c1-9-4-5-13(10(2)6-9)15-11(3)21-16-17-12(7-14(19)20)8-18(15)16/h4-6,8H,7H2,1-3H3,(H,19,20). The highest BCUT2D eigenvalue weighted by Gasteiger charge is 2.16. The number of thiazole rings is 1. The summed E-state index contributed by atoms with van der Waals surface area (Å²) in [4.78, 5) is 17.3. The number of aromatic nitrogens is 2. The van der Waals surface area contributed by atoms with Crippen LogP contribution >= 0.6 is 11.3 Å². The second kappa shape index (κ2) is 5.00. The second-order valence-corrected chi connectivity index (χ2v) is 6.46. The Labute approximate surface area is 126 Å². The maximum atomic E-state index is 10.8. The minimum atomic E-state index is -0.856. The predicted octanol–water partition coefficient (Wildman–Crippen LogP) is 3.62. The summed E-state index contributed by atoms with van der Waals surface area (Å²) in [6, 6.07) is 6.38. The number of carbonyl (C=O) groups is 1. The first kappa shape index (κ1) is 13.8. The van der Waals surface area contributed by atoms with Crippen LogP contribution < -0.4 is 0 Å². The molecule has 0 spiro atoms. The fraction of sp³-hybridized carbons (Fsp3) is 0.250. The minimum Gasteiger partial charge on any atom is -0.481 e. The predicted molar refractivity (Wildman–Crippen MR) is 84.1 cm³/mol. The van der Waals surface area contributed by atoms with Gasteiger partial charge in [-0.1, -0.05) is 23.8 Å². The number of hydrogen-bond acceptors (Lipinski definition) is 3. The third-order valence-corrected chi connectivity index (χ3v) is 4.48. The molecule has 0 atom stereocenters. The van der Waals surface area contributed by atoms with E-state index in [9.17, 15) is 4.79 Å². The van der Waals surface area contributed by atoms with E-state index in [0.29, 0.717) is 5.69 Å². The molecular weight excluding hydrogens is 284 g/mol. The largest absolute Gasteiger partial charge is 0.481 e. The minimum absolute atomic E-state index is 0.0419. The lowest BCUT2D eigenvalue weighted by Gasteiger charge is -2.07. The van der Waals surface area contributed by atoms with Crippen molar-refractivity contribution in [2.45, 2.75) is 27.2 Å². The van der Waals surface area contributed by atoms with Gasteiger partial charge in [-0.15, -0.1) is 11.3 Å². The monoisotopic (exact) mass is 300 g/mol. The van der Waals surface area contributed by atoms with Crippen LogP contribution in [0.3, 0.4) is 0 Å². The number of aliphatic carboxylic acids is 1. The zero-order chi connectivity index (χ0) is 15.1. The van der Waals surface area contributed by atoms with Crippen molar-refractivity contribution in [1.29, 1.82) is 0 Å². The van der Waals surface area contributed by atoms with Gasteiger partial charge in [-0.3, -0.25) is 9.20 Å². The van der Waals surface area contributed by atoms with Crippen LogP contribution in [0, 0.1) is 20.8 Å². The van der Waals surface area contributed by atoms with Crippen LogP contribution in [0.4, 0.5) is 0 Å². The molecule has 0 radical (unpaired) electrons. The molecule has 0 aliphatic carbocycles. The number of rotatable bonds is 3. The van der Waals surface area contributed by atoms with Crippen LogP contribution in [0.2, 0.25) is 0 Å². The van der Waals surface area contributed by atoms with Gasteiger partial charge in [0.1, 0.15) is 0 Å². The van der Waals surface area contributed by atoms with Gasteiger partial charge in [0.05, 0.1) is 17.8 Å². The maximum Gasteiger partial charge on any atom is 0.309 e. The number of aryl methyl sites for hydroxylation is 3. The van der Waals surface area contributed by atoms with Crippen LogP contribution in [0.15, 0.2) is 24.4 Å². The number of nitrogens with zero attached hydrogens (tertiary/aromatic N) is 2. The topological polar surface area (TPSA) is 54.6 Å². The Morgan fingerprint density at radius 2 is 2.10 bits per heavy atom. The SMILES string of the molecule is Cc1ccc(-c2c(C)sc3nc(CC(=O)O)cn23)c(C)c1. The van der Waals surface area contributed by atoms with E-state index < -0.39 is 5.97 Å². The molecule has 108 valence electrons. The highest BCUT2D eigenvalue weighted by Crippen LogP contribution is 2.33. The number of carboxylic acid groups (broad SMARTS) is 1. The molecule has 0 fully saturated rings. The van der Waals surface area contributed by atoms with Gasteiger partial charge >= 0.3 is 5.97 Å². The third-order valence-electron chi connectivity index (χ3n) is 3.51. The summed E-state index contributed by atoms with van der Waals surface area (Å²) in [6.07, 6.45) is 1.79. The van der Waals surface area contributed by atoms with E-state index in [4.69, 9.17) is 5.11 Å². The first-order chi connectivity index (χ1) is 9.95. The first-order valence-electron chi connectivity index (χ1n) is 6.72. The van der Waals surface area contributed by atoms with E-state index in [1.54, 1.807) is 11.3 Å². The Bertz CT molecular complexity index is 845. The smallest absolute Gasteiger partial charge is 0.309 e. The fourth-order valence-corrected chi connectivity index (χ4v) is 3.62. The lowest BCUT2D eigenvalue weighted by Crippen LogP contribution is -1.99. The molecule has 0 bridgehead atoms. The summed E-state index contributed by atoms with van der Waals surface area (Å²) < 4.78 is 2.01. The molecule has 21 heavy (non-hydrogen) atoms. The van der Waals surface area contributed by atoms with Gasteiger partial charge in [-0.2, -0.15) is 0 Å². The average molecular weight is 300 g/mol. The first-order valence-corrected chi connectivity index (χ1v) is 7.54. The highest BCUT2D eigenvalue weighted by molar-refractivity contribution is 7.17. The molecule has 1 aromatic carbocycles. The van der Waals surface area contributed by atoms with Crippen molar-refractivity contribution in [1.82, 2.24) is 9.38 Å². The molecule has 0 saturated heterocycles. The molecular formula is C16H16N2O2S. The Hall–Kier alpha value is -2.14. The highest BCUT2D eigenvalue weighted by atomic mass is 32.1. The van der Waals surface area contributed by atoms with E-state index >= 15 is 0 Å². The normalized spacial score (nSPS) is 11.2. The van der Waals surface area contributed by atoms with Gasteiger partial charge in [0.2, 0.25) is 0 Å². The van der Waals surface area contributed by atoms with Crippen LogP contribution in [-0.4, -0.2) is 20.5 Å². The van der Waals surface area contributed by atoms with Gasteiger partial charge in [0.15, 0.2) is 4.96 Å². The van der Waals surface area contributed by atoms with Crippen LogP contribution in [0.1, 0.15) is 21.7 Å². The summed E-state index contributed by atoms with van der Waals surface area (Å²) >= 11 is 1.59. The van der Waals surface area contributed by atoms with Gasteiger partial charge in [-0.05, 0) is 26.3 Å². The van der Waals surface area contributed by atoms with Crippen molar-refractivity contribution < 1.29 is 9.90 Å². The van der Waals surface area contributed by atoms with Gasteiger partial charge < -0.3 is 5.11 Å². The average Bonchev–Trinajstić information content (AvgIpc) is 2.86. The zero-order valence-electron chi connectivity index (χ0n) is 12.2. The molecule has 1 N–H and O–H groups in total. The summed E-state index contributed by atoms with van der Waals surface area (Å²) in [5.41, 5.74) is 5.32. The second-order valence-electron chi connectivity index (χ2n) is 5.28. The summed E-state index contributed by atoms with van der Waals surface area (Å²) in [5, 5.41) is 8.90. The Kier molecular flexibility index (Phi) is 3.29. The van der Waals surface area contributed by atoms with Crippen molar-refractivity contribution in [3.8, 4) is 11.3 Å². The number of fused-ring (bicyclic) bond motifs is 1. The zero-order valence-corrected chi connectivity index (χ0v) is 13.0. The van der Waals surface area contributed by atoms with E-state index in [1.807, 2.05) is 10.6 Å². The third kappa shape index (κ3) is 2.45. The van der Waals surface area contributed by atoms with Crippen LogP contribution in [-0.2, 0) is 11.2 Å². The molecule has 4 nitrogen and oxygen atoms in total. The fourth-order valence-electron chi connectivity index (χ4n) is 2.64. The maximum absolute atomic E-state index is 10.8. The molecule has 0 unspecified atom stereocenters. The van der Waals surface area contributed by atoms with Crippen molar-refractivity contribution in [2.75, 3.05) is 0 Å². The van der Waals surface area contributed by atoms with E-state index in [0.717, 1.165) is 10.7 Å². The van der Waals surface area contributed by atoms with Gasteiger partial charge in [0, 0.05) is 16.6 Å². The molecule has 2 aromatic heterocycles. The molecule has 0 amide bonds. The lowest BCUT2D eigenvalue weighted by atomic mass is 10.0. The summed E-state index contributed by atoms with van der Waals surface area (Å²) in [7, 11) is 0. The molecule has 3 rings (SSSR count). The van der Waals surface area contributed by atoms with E-state index in [1.165, 1.54) is 21.6 Å². The molecule has 3 aromatic rings. The van der Waals surface area contributed by atoms with Crippen molar-refractivity contribution in [3.63, 3.8) is 0 Å². The van der Waals surface area contributed by atoms with Crippen LogP contribution in [0.5, 0.6) is 0 Å². The Morgan fingerprint density at radius 1 is 1.33 bits per heavy atom. The molecule has 2 heterocycles. The number of benzene rings is 1. The Morgan fingerprint density at radius 3 is 2.76 bits per heavy atom.